The van der Waals surface area contributed by atoms with Crippen LogP contribution in [0.2, 0.25) is 5.02 Å². The van der Waals surface area contributed by atoms with Gasteiger partial charge in [-0.15, -0.1) is 0 Å². The van der Waals surface area contributed by atoms with Crippen LogP contribution in [0, 0.1) is 5.82 Å². The maximum absolute atomic E-state index is 14.3. The Morgan fingerprint density at radius 3 is 2.38 bits per heavy atom. The summed E-state index contributed by atoms with van der Waals surface area (Å²) in [4.78, 5) is 16.5. The normalized spacial score (nSPS) is 11.9. The summed E-state index contributed by atoms with van der Waals surface area (Å²) in [6.07, 6.45) is 0. The van der Waals surface area contributed by atoms with Crippen LogP contribution >= 0.6 is 11.6 Å². The van der Waals surface area contributed by atoms with Gasteiger partial charge in [-0.2, -0.15) is 0 Å². The highest BCUT2D eigenvalue weighted by Gasteiger charge is 2.27. The minimum atomic E-state index is -1.05. The highest BCUT2D eigenvalue weighted by Crippen LogP contribution is 2.32. The Labute approximate surface area is 143 Å². The fourth-order valence-corrected chi connectivity index (χ4v) is 2.88. The van der Waals surface area contributed by atoms with Gasteiger partial charge in [0.2, 0.25) is 5.91 Å². The summed E-state index contributed by atoms with van der Waals surface area (Å²) in [6, 6.07) is 19.0. The lowest BCUT2D eigenvalue weighted by atomic mass is 9.93. The van der Waals surface area contributed by atoms with Gasteiger partial charge in [-0.1, -0.05) is 54.1 Å². The number of amides is 1. The van der Waals surface area contributed by atoms with Crippen molar-refractivity contribution < 1.29 is 9.18 Å². The van der Waals surface area contributed by atoms with E-state index in [0.29, 0.717) is 11.4 Å². The van der Waals surface area contributed by atoms with E-state index in [1.165, 1.54) is 18.2 Å². The van der Waals surface area contributed by atoms with Crippen LogP contribution in [-0.2, 0) is 4.79 Å². The fraction of sp³-hybridized carbons (Fsp3) is 0.0526. The average molecular weight is 341 g/mol. The van der Waals surface area contributed by atoms with Gasteiger partial charge in [0.05, 0.1) is 11.4 Å². The minimum Gasteiger partial charge on any atom is -0.369 e. The largest absolute Gasteiger partial charge is 0.369 e. The van der Waals surface area contributed by atoms with Gasteiger partial charge in [0.25, 0.3) is 0 Å². The van der Waals surface area contributed by atoms with Crippen LogP contribution in [0.4, 0.5) is 4.39 Å². The third kappa shape index (κ3) is 3.14. The van der Waals surface area contributed by atoms with E-state index < -0.39 is 17.6 Å². The van der Waals surface area contributed by atoms with E-state index in [9.17, 15) is 9.18 Å². The predicted molar refractivity (Wildman–Crippen MR) is 92.1 cm³/mol. The summed E-state index contributed by atoms with van der Waals surface area (Å²) >= 11 is 6.10. The quantitative estimate of drug-likeness (QED) is 0.775. The first kappa shape index (κ1) is 16.1. The zero-order valence-corrected chi connectivity index (χ0v) is 13.4. The van der Waals surface area contributed by atoms with E-state index in [0.717, 1.165) is 5.56 Å². The summed E-state index contributed by atoms with van der Waals surface area (Å²) in [7, 11) is 0. The molecule has 0 aliphatic rings. The molecule has 0 spiro atoms. The molecular weight excluding hydrogens is 327 g/mol. The van der Waals surface area contributed by atoms with Crippen molar-refractivity contribution in [3.63, 3.8) is 0 Å². The van der Waals surface area contributed by atoms with Crippen LogP contribution in [0.25, 0.3) is 11.3 Å². The molecule has 1 atom stereocenters. The monoisotopic (exact) mass is 340 g/mol. The first-order valence-corrected chi connectivity index (χ1v) is 7.71. The van der Waals surface area contributed by atoms with Crippen LogP contribution in [0.3, 0.4) is 0 Å². The second-order valence-corrected chi connectivity index (χ2v) is 5.69. The molecule has 0 aliphatic heterocycles. The maximum atomic E-state index is 14.3. The predicted octanol–water partition coefficient (Wildman–Crippen LogP) is 4.16. The third-order valence-electron chi connectivity index (χ3n) is 3.71. The first-order chi connectivity index (χ1) is 11.6. The fourth-order valence-electron chi connectivity index (χ4n) is 2.60. The SMILES string of the molecule is NC(=O)C(c1cccc(-c2ccccc2)n1)c1c(F)cccc1Cl. The second kappa shape index (κ2) is 6.81. The number of primary amides is 1. The van der Waals surface area contributed by atoms with E-state index in [1.807, 2.05) is 36.4 Å². The number of benzene rings is 2. The Bertz CT molecular complexity index is 863. The lowest BCUT2D eigenvalue weighted by molar-refractivity contribution is -0.118. The van der Waals surface area contributed by atoms with Crippen molar-refractivity contribution in [2.75, 3.05) is 0 Å². The van der Waals surface area contributed by atoms with Crippen molar-refractivity contribution in [2.24, 2.45) is 5.73 Å². The minimum absolute atomic E-state index is 0.0457. The first-order valence-electron chi connectivity index (χ1n) is 7.33. The molecule has 0 aliphatic carbocycles. The molecule has 1 amide bonds. The molecule has 3 nitrogen and oxygen atoms in total. The van der Waals surface area contributed by atoms with Crippen LogP contribution < -0.4 is 5.73 Å². The van der Waals surface area contributed by atoms with Gasteiger partial charge >= 0.3 is 0 Å². The maximum Gasteiger partial charge on any atom is 0.231 e. The van der Waals surface area contributed by atoms with Crippen molar-refractivity contribution in [1.29, 1.82) is 0 Å². The van der Waals surface area contributed by atoms with Gasteiger partial charge in [-0.05, 0) is 24.3 Å². The summed E-state index contributed by atoms with van der Waals surface area (Å²) in [5.41, 5.74) is 7.49. The summed E-state index contributed by atoms with van der Waals surface area (Å²) in [5, 5.41) is 0.144. The van der Waals surface area contributed by atoms with Crippen LogP contribution in [0.1, 0.15) is 17.2 Å². The van der Waals surface area contributed by atoms with E-state index in [4.69, 9.17) is 17.3 Å². The molecular formula is C19H14ClFN2O. The summed E-state index contributed by atoms with van der Waals surface area (Å²) in [5.74, 6) is -2.35. The summed E-state index contributed by atoms with van der Waals surface area (Å²) < 4.78 is 14.3. The zero-order chi connectivity index (χ0) is 17.1. The van der Waals surface area contributed by atoms with Crippen molar-refractivity contribution in [3.8, 4) is 11.3 Å². The average Bonchev–Trinajstić information content (AvgIpc) is 2.59. The third-order valence-corrected chi connectivity index (χ3v) is 4.04. The van der Waals surface area contributed by atoms with Gasteiger partial charge < -0.3 is 5.73 Å². The van der Waals surface area contributed by atoms with Crippen molar-refractivity contribution in [1.82, 2.24) is 4.98 Å². The number of hydrogen-bond acceptors (Lipinski definition) is 2. The Hall–Kier alpha value is -2.72. The number of aromatic nitrogens is 1. The molecule has 0 bridgehead atoms. The van der Waals surface area contributed by atoms with Crippen LogP contribution in [0.15, 0.2) is 66.7 Å². The van der Waals surface area contributed by atoms with E-state index in [2.05, 4.69) is 4.98 Å². The number of nitrogens with two attached hydrogens (primary N) is 1. The lowest BCUT2D eigenvalue weighted by Crippen LogP contribution is -2.24. The van der Waals surface area contributed by atoms with Crippen molar-refractivity contribution in [3.05, 3.63) is 88.8 Å². The van der Waals surface area contributed by atoms with Crippen LogP contribution in [-0.4, -0.2) is 10.9 Å². The molecule has 1 heterocycles. The van der Waals surface area contributed by atoms with Crippen molar-refractivity contribution >= 4 is 17.5 Å². The lowest BCUT2D eigenvalue weighted by Gasteiger charge is -2.16. The molecule has 0 radical (unpaired) electrons. The molecule has 1 aromatic heterocycles. The molecule has 0 saturated carbocycles. The Balaban J connectivity index is 2.13. The molecule has 24 heavy (non-hydrogen) atoms. The molecule has 2 N–H and O–H groups in total. The van der Waals surface area contributed by atoms with Gasteiger partial charge in [0.1, 0.15) is 11.7 Å². The second-order valence-electron chi connectivity index (χ2n) is 5.28. The standard InChI is InChI=1S/C19H14ClFN2O/c20-13-8-4-9-14(21)17(13)18(19(22)24)16-11-5-10-15(23-16)12-6-2-1-3-7-12/h1-11,18H,(H2,22,24). The smallest absolute Gasteiger partial charge is 0.231 e. The zero-order valence-electron chi connectivity index (χ0n) is 12.6. The number of hydrogen-bond donors (Lipinski definition) is 1. The molecule has 120 valence electrons. The molecule has 0 saturated heterocycles. The number of nitrogens with zero attached hydrogens (tertiary/aromatic N) is 1. The molecule has 3 rings (SSSR count). The number of pyridine rings is 1. The topological polar surface area (TPSA) is 56.0 Å². The molecule has 2 aromatic carbocycles. The highest BCUT2D eigenvalue weighted by atomic mass is 35.5. The van der Waals surface area contributed by atoms with Crippen LogP contribution in [0.5, 0.6) is 0 Å². The van der Waals surface area contributed by atoms with Crippen molar-refractivity contribution in [2.45, 2.75) is 5.92 Å². The number of rotatable bonds is 4. The molecule has 3 aromatic rings. The van der Waals surface area contributed by atoms with E-state index >= 15 is 0 Å². The summed E-state index contributed by atoms with van der Waals surface area (Å²) in [6.45, 7) is 0. The van der Waals surface area contributed by atoms with Gasteiger partial charge in [0.15, 0.2) is 0 Å². The molecule has 0 fully saturated rings. The van der Waals surface area contributed by atoms with E-state index in [-0.39, 0.29) is 10.6 Å². The Morgan fingerprint density at radius 2 is 1.71 bits per heavy atom. The Morgan fingerprint density at radius 1 is 1.00 bits per heavy atom. The number of carbonyl (C=O) groups is 1. The Kier molecular flexibility index (Phi) is 4.58. The number of halogens is 2. The van der Waals surface area contributed by atoms with Gasteiger partial charge in [0, 0.05) is 16.1 Å². The number of carbonyl (C=O) groups excluding carboxylic acids is 1. The van der Waals surface area contributed by atoms with E-state index in [1.54, 1.807) is 12.1 Å². The van der Waals surface area contributed by atoms with Gasteiger partial charge in [-0.3, -0.25) is 9.78 Å². The molecule has 1 unspecified atom stereocenters. The van der Waals surface area contributed by atoms with Gasteiger partial charge in [-0.25, -0.2) is 4.39 Å². The molecule has 5 heteroatoms. The highest BCUT2D eigenvalue weighted by molar-refractivity contribution is 6.31.